The molecule has 5 nitrogen and oxygen atoms in total. The summed E-state index contributed by atoms with van der Waals surface area (Å²) >= 11 is 0. The van der Waals surface area contributed by atoms with Gasteiger partial charge in [0.15, 0.2) is 0 Å². The Kier molecular flexibility index (Phi) is 3.45. The molecule has 1 aliphatic heterocycles. The van der Waals surface area contributed by atoms with E-state index in [1.807, 2.05) is 0 Å². The van der Waals surface area contributed by atoms with E-state index in [4.69, 9.17) is 5.73 Å². The van der Waals surface area contributed by atoms with Crippen LogP contribution in [0.1, 0.15) is 10.4 Å². The van der Waals surface area contributed by atoms with Crippen LogP contribution in [0.15, 0.2) is 18.2 Å². The first-order valence-electron chi connectivity index (χ1n) is 5.65. The second kappa shape index (κ2) is 5.03. The summed E-state index contributed by atoms with van der Waals surface area (Å²) in [6, 6.07) is 3.94. The number of rotatable bonds is 2. The molecule has 1 aliphatic rings. The summed E-state index contributed by atoms with van der Waals surface area (Å²) in [6.07, 6.45) is 0.775. The van der Waals surface area contributed by atoms with Crippen molar-refractivity contribution in [1.29, 1.82) is 0 Å². The fourth-order valence-electron chi connectivity index (χ4n) is 1.89. The summed E-state index contributed by atoms with van der Waals surface area (Å²) in [5.74, 6) is -0.718. The number of nitrogens with two attached hydrogens (primary N) is 1. The van der Waals surface area contributed by atoms with Crippen molar-refractivity contribution in [3.05, 3.63) is 29.6 Å². The van der Waals surface area contributed by atoms with Crippen LogP contribution in [0.4, 0.5) is 10.1 Å². The average molecular weight is 251 g/mol. The molecule has 0 unspecified atom stereocenters. The lowest BCUT2D eigenvalue weighted by Crippen LogP contribution is -2.48. The molecule has 0 aromatic heterocycles. The van der Waals surface area contributed by atoms with E-state index in [9.17, 15) is 14.0 Å². The molecule has 0 aliphatic carbocycles. The summed E-state index contributed by atoms with van der Waals surface area (Å²) in [5.41, 5.74) is 5.77. The number of nitrogen functional groups attached to an aromatic ring is 1. The third kappa shape index (κ3) is 2.42. The molecule has 2 amide bonds. The van der Waals surface area contributed by atoms with E-state index in [0.29, 0.717) is 31.7 Å². The molecule has 1 heterocycles. The number of hydrogen-bond acceptors (Lipinski definition) is 3. The molecule has 0 bridgehead atoms. The number of halogens is 1. The Bertz CT molecular complexity index is 470. The van der Waals surface area contributed by atoms with Crippen LogP contribution < -0.4 is 5.73 Å². The molecule has 1 saturated heterocycles. The molecular weight excluding hydrogens is 237 g/mol. The van der Waals surface area contributed by atoms with E-state index < -0.39 is 5.82 Å². The van der Waals surface area contributed by atoms with Crippen LogP contribution in [0.3, 0.4) is 0 Å². The second-order valence-corrected chi connectivity index (χ2v) is 4.17. The summed E-state index contributed by atoms with van der Waals surface area (Å²) < 4.78 is 13.0. The molecule has 0 atom stereocenters. The van der Waals surface area contributed by atoms with Crippen LogP contribution in [0.5, 0.6) is 0 Å². The molecule has 0 saturated carbocycles. The average Bonchev–Trinajstić information content (AvgIpc) is 2.41. The van der Waals surface area contributed by atoms with Gasteiger partial charge in [0.25, 0.3) is 5.91 Å². The van der Waals surface area contributed by atoms with Crippen molar-refractivity contribution in [3.63, 3.8) is 0 Å². The van der Waals surface area contributed by atoms with Crippen molar-refractivity contribution in [2.75, 3.05) is 31.9 Å². The monoisotopic (exact) mass is 251 g/mol. The van der Waals surface area contributed by atoms with Gasteiger partial charge in [0.1, 0.15) is 5.82 Å². The Morgan fingerprint density at radius 2 is 1.94 bits per heavy atom. The Labute approximate surface area is 104 Å². The molecule has 1 aromatic rings. The highest BCUT2D eigenvalue weighted by Gasteiger charge is 2.21. The molecule has 1 fully saturated rings. The summed E-state index contributed by atoms with van der Waals surface area (Å²) in [4.78, 5) is 25.9. The molecule has 6 heteroatoms. The topological polar surface area (TPSA) is 66.6 Å². The third-order valence-electron chi connectivity index (χ3n) is 2.99. The van der Waals surface area contributed by atoms with Gasteiger partial charge in [0.2, 0.25) is 6.41 Å². The van der Waals surface area contributed by atoms with Gasteiger partial charge in [-0.15, -0.1) is 0 Å². The summed E-state index contributed by atoms with van der Waals surface area (Å²) in [6.45, 7) is 2.00. The van der Waals surface area contributed by atoms with Gasteiger partial charge in [-0.3, -0.25) is 9.59 Å². The number of piperazine rings is 1. The predicted octanol–water partition coefficient (Wildman–Crippen LogP) is 0.322. The van der Waals surface area contributed by atoms with Gasteiger partial charge < -0.3 is 15.5 Å². The van der Waals surface area contributed by atoms with Crippen LogP contribution in [-0.2, 0) is 4.79 Å². The first-order chi connectivity index (χ1) is 8.61. The minimum absolute atomic E-state index is 0.0348. The molecule has 2 N–H and O–H groups in total. The van der Waals surface area contributed by atoms with Crippen LogP contribution in [0, 0.1) is 5.82 Å². The molecule has 0 radical (unpaired) electrons. The van der Waals surface area contributed by atoms with Crippen molar-refractivity contribution in [3.8, 4) is 0 Å². The fraction of sp³-hybridized carbons (Fsp3) is 0.333. The molecule has 1 aromatic carbocycles. The van der Waals surface area contributed by atoms with Crippen molar-refractivity contribution < 1.29 is 14.0 Å². The van der Waals surface area contributed by atoms with Gasteiger partial charge in [-0.25, -0.2) is 4.39 Å². The van der Waals surface area contributed by atoms with E-state index in [2.05, 4.69) is 0 Å². The standard InChI is InChI=1S/C12H14FN3O2/c13-10-2-1-9(7-11(10)14)12(18)16-5-3-15(8-17)4-6-16/h1-2,7-8H,3-6,14H2. The maximum absolute atomic E-state index is 13.0. The highest BCUT2D eigenvalue weighted by molar-refractivity contribution is 5.95. The summed E-state index contributed by atoms with van der Waals surface area (Å²) in [7, 11) is 0. The smallest absolute Gasteiger partial charge is 0.254 e. The number of benzene rings is 1. The molecule has 2 rings (SSSR count). The number of hydrogen-bond donors (Lipinski definition) is 1. The number of amides is 2. The first kappa shape index (κ1) is 12.3. The molecule has 18 heavy (non-hydrogen) atoms. The first-order valence-corrected chi connectivity index (χ1v) is 5.65. The third-order valence-corrected chi connectivity index (χ3v) is 2.99. The van der Waals surface area contributed by atoms with E-state index >= 15 is 0 Å². The highest BCUT2D eigenvalue weighted by atomic mass is 19.1. The molecule has 0 spiro atoms. The lowest BCUT2D eigenvalue weighted by atomic mass is 10.1. The van der Waals surface area contributed by atoms with Gasteiger partial charge in [0.05, 0.1) is 5.69 Å². The van der Waals surface area contributed by atoms with Gasteiger partial charge >= 0.3 is 0 Å². The number of carbonyl (C=O) groups is 2. The highest BCUT2D eigenvalue weighted by Crippen LogP contribution is 2.15. The van der Waals surface area contributed by atoms with Gasteiger partial charge in [-0.2, -0.15) is 0 Å². The zero-order valence-corrected chi connectivity index (χ0v) is 9.80. The number of anilines is 1. The lowest BCUT2D eigenvalue weighted by molar-refractivity contribution is -0.119. The Morgan fingerprint density at radius 3 is 2.50 bits per heavy atom. The minimum atomic E-state index is -0.530. The largest absolute Gasteiger partial charge is 0.396 e. The normalized spacial score (nSPS) is 15.6. The fourth-order valence-corrected chi connectivity index (χ4v) is 1.89. The van der Waals surface area contributed by atoms with Crippen LogP contribution in [0.25, 0.3) is 0 Å². The number of carbonyl (C=O) groups excluding carboxylic acids is 2. The summed E-state index contributed by atoms with van der Waals surface area (Å²) in [5, 5.41) is 0. The predicted molar refractivity (Wildman–Crippen MR) is 64.4 cm³/mol. The van der Waals surface area contributed by atoms with E-state index in [0.717, 1.165) is 6.41 Å². The molecule has 96 valence electrons. The van der Waals surface area contributed by atoms with Gasteiger partial charge in [-0.05, 0) is 18.2 Å². The van der Waals surface area contributed by atoms with Crippen molar-refractivity contribution >= 4 is 18.0 Å². The van der Waals surface area contributed by atoms with Crippen molar-refractivity contribution in [1.82, 2.24) is 9.80 Å². The Balaban J connectivity index is 2.07. The SMILES string of the molecule is Nc1cc(C(=O)N2CCN(C=O)CC2)ccc1F. The van der Waals surface area contributed by atoms with E-state index in [1.54, 1.807) is 9.80 Å². The Hall–Kier alpha value is -2.11. The van der Waals surface area contributed by atoms with E-state index in [1.165, 1.54) is 18.2 Å². The van der Waals surface area contributed by atoms with E-state index in [-0.39, 0.29) is 11.6 Å². The zero-order chi connectivity index (χ0) is 13.1. The van der Waals surface area contributed by atoms with Crippen LogP contribution in [-0.4, -0.2) is 48.3 Å². The second-order valence-electron chi connectivity index (χ2n) is 4.17. The maximum atomic E-state index is 13.0. The lowest BCUT2D eigenvalue weighted by Gasteiger charge is -2.32. The van der Waals surface area contributed by atoms with Crippen molar-refractivity contribution in [2.24, 2.45) is 0 Å². The quantitative estimate of drug-likeness (QED) is 0.608. The van der Waals surface area contributed by atoms with Crippen molar-refractivity contribution in [2.45, 2.75) is 0 Å². The van der Waals surface area contributed by atoms with Crippen LogP contribution in [0.2, 0.25) is 0 Å². The minimum Gasteiger partial charge on any atom is -0.396 e. The Morgan fingerprint density at radius 1 is 1.28 bits per heavy atom. The van der Waals surface area contributed by atoms with Crippen LogP contribution >= 0.6 is 0 Å². The number of nitrogens with zero attached hydrogens (tertiary/aromatic N) is 2. The van der Waals surface area contributed by atoms with Gasteiger partial charge in [-0.1, -0.05) is 0 Å². The molecular formula is C12H14FN3O2. The zero-order valence-electron chi connectivity index (χ0n) is 9.80. The van der Waals surface area contributed by atoms with Gasteiger partial charge in [0, 0.05) is 31.7 Å². The maximum Gasteiger partial charge on any atom is 0.254 e.